The molecule has 3 aromatic carbocycles. The maximum absolute atomic E-state index is 13.5. The molecule has 3 rings (SSSR count). The van der Waals surface area contributed by atoms with E-state index in [4.69, 9.17) is 42.1 Å². The Balaban J connectivity index is 2.14. The average Bonchev–Trinajstić information content (AvgIpc) is 2.87. The van der Waals surface area contributed by atoms with Gasteiger partial charge in [0, 0.05) is 23.3 Å². The van der Waals surface area contributed by atoms with Crippen LogP contribution in [0.2, 0.25) is 10.0 Å². The first-order chi connectivity index (χ1) is 16.3. The molecule has 1 atom stereocenters. The van der Waals surface area contributed by atoms with Gasteiger partial charge in [-0.25, -0.2) is 0 Å². The van der Waals surface area contributed by atoms with E-state index in [9.17, 15) is 14.2 Å². The smallest absolute Gasteiger partial charge is 0.230 e. The molecule has 7 nitrogen and oxygen atoms in total. The predicted octanol–water partition coefficient (Wildman–Crippen LogP) is 5.28. The van der Waals surface area contributed by atoms with E-state index < -0.39 is 19.1 Å². The van der Waals surface area contributed by atoms with Crippen molar-refractivity contribution < 1.29 is 33.1 Å². The van der Waals surface area contributed by atoms with Gasteiger partial charge in [-0.15, -0.1) is 0 Å². The van der Waals surface area contributed by atoms with Gasteiger partial charge in [0.25, 0.3) is 0 Å². The molecule has 178 valence electrons. The number of carbonyl (C=O) groups is 2. The highest BCUT2D eigenvalue weighted by Gasteiger charge is 2.31. The average molecular weight is 523 g/mol. The van der Waals surface area contributed by atoms with Gasteiger partial charge in [-0.3, -0.25) is 9.59 Å². The second-order valence-electron chi connectivity index (χ2n) is 6.89. The van der Waals surface area contributed by atoms with Gasteiger partial charge < -0.3 is 23.5 Å². The topological polar surface area (TPSA) is 88.1 Å². The molecule has 0 bridgehead atoms. The summed E-state index contributed by atoms with van der Waals surface area (Å²) < 4.78 is 34.7. The van der Waals surface area contributed by atoms with Gasteiger partial charge in [0.05, 0.1) is 43.8 Å². The van der Waals surface area contributed by atoms with Gasteiger partial charge >= 0.3 is 0 Å². The molecule has 34 heavy (non-hydrogen) atoms. The molecule has 1 unspecified atom stereocenters. The number of benzene rings is 3. The van der Waals surface area contributed by atoms with Gasteiger partial charge in [0.1, 0.15) is 22.8 Å². The highest BCUT2D eigenvalue weighted by atomic mass is 35.5. The number of carbonyl (C=O) groups excluding carboxylic acids is 2. The highest BCUT2D eigenvalue weighted by Crippen LogP contribution is 2.44. The van der Waals surface area contributed by atoms with E-state index in [1.165, 1.54) is 46.6 Å². The van der Waals surface area contributed by atoms with Crippen LogP contribution in [0.5, 0.6) is 23.0 Å². The van der Waals surface area contributed by atoms with Gasteiger partial charge in [0.15, 0.2) is 19.3 Å². The molecule has 0 saturated heterocycles. The van der Waals surface area contributed by atoms with Gasteiger partial charge in [-0.05, 0) is 6.07 Å². The Morgan fingerprint density at radius 3 is 1.91 bits per heavy atom. The third kappa shape index (κ3) is 4.78. The lowest BCUT2D eigenvalue weighted by molar-refractivity contribution is 0.103. The standard InChI is InChI=1S/C24H21Cl2O7P/c1-30-14-10-17(31-2)19(18(11-14)32-3)24(28)34(29)23-16(25)12-15(20(26)22(23)33-4)21(27)13-8-6-5-7-9-13/h5-12,34H,1-4H3. The minimum absolute atomic E-state index is 0.0478. The van der Waals surface area contributed by atoms with Crippen LogP contribution in [-0.2, 0) is 4.57 Å². The van der Waals surface area contributed by atoms with Crippen molar-refractivity contribution >= 4 is 47.6 Å². The molecule has 0 fully saturated rings. The summed E-state index contributed by atoms with van der Waals surface area (Å²) in [7, 11) is 2.12. The first kappa shape index (κ1) is 25.6. The molecule has 0 aliphatic heterocycles. The fourth-order valence-electron chi connectivity index (χ4n) is 3.37. The maximum Gasteiger partial charge on any atom is 0.230 e. The normalized spacial score (nSPS) is 11.5. The molecule has 0 heterocycles. The van der Waals surface area contributed by atoms with Crippen molar-refractivity contribution in [1.82, 2.24) is 0 Å². The summed E-state index contributed by atoms with van der Waals surface area (Å²) in [5.74, 6) is 0.0829. The number of rotatable bonds is 9. The van der Waals surface area contributed by atoms with Crippen LogP contribution in [0.25, 0.3) is 0 Å². The monoisotopic (exact) mass is 522 g/mol. The van der Waals surface area contributed by atoms with Crippen molar-refractivity contribution in [1.29, 1.82) is 0 Å². The highest BCUT2D eigenvalue weighted by molar-refractivity contribution is 7.72. The Morgan fingerprint density at radius 2 is 1.41 bits per heavy atom. The Hall–Kier alpha value is -2.99. The van der Waals surface area contributed by atoms with E-state index >= 15 is 0 Å². The number of halogens is 2. The molecule has 3 aromatic rings. The zero-order chi connectivity index (χ0) is 25.0. The number of hydrogen-bond donors (Lipinski definition) is 0. The van der Waals surface area contributed by atoms with Gasteiger partial charge in [-0.2, -0.15) is 0 Å². The summed E-state index contributed by atoms with van der Waals surface area (Å²) in [4.78, 5) is 26.4. The second kappa shape index (κ2) is 11.0. The Bertz CT molecular complexity index is 1250. The fraction of sp³-hybridized carbons (Fsp3) is 0.167. The zero-order valence-electron chi connectivity index (χ0n) is 18.7. The summed E-state index contributed by atoms with van der Waals surface area (Å²) in [5.41, 5.74) is -0.403. The van der Waals surface area contributed by atoms with E-state index in [2.05, 4.69) is 0 Å². The summed E-state index contributed by atoms with van der Waals surface area (Å²) in [6, 6.07) is 12.7. The lowest BCUT2D eigenvalue weighted by Gasteiger charge is -2.17. The minimum Gasteiger partial charge on any atom is -0.496 e. The van der Waals surface area contributed by atoms with Crippen LogP contribution in [0.1, 0.15) is 26.3 Å². The molecule has 0 aliphatic carbocycles. The summed E-state index contributed by atoms with van der Waals surface area (Å²) >= 11 is 12.9. The van der Waals surface area contributed by atoms with Gasteiger partial charge in [-0.1, -0.05) is 53.5 Å². The molecular weight excluding hydrogens is 502 g/mol. The fourth-order valence-corrected chi connectivity index (χ4v) is 5.64. The largest absolute Gasteiger partial charge is 0.496 e. The van der Waals surface area contributed by atoms with E-state index in [-0.39, 0.29) is 43.7 Å². The molecule has 0 saturated carbocycles. The molecule has 0 amide bonds. The number of methoxy groups -OCH3 is 4. The van der Waals surface area contributed by atoms with Crippen molar-refractivity contribution in [2.75, 3.05) is 28.4 Å². The third-order valence-electron chi connectivity index (χ3n) is 5.03. The Kier molecular flexibility index (Phi) is 8.26. The van der Waals surface area contributed by atoms with Crippen LogP contribution in [-0.4, -0.2) is 39.7 Å². The maximum atomic E-state index is 13.5. The van der Waals surface area contributed by atoms with Crippen molar-refractivity contribution in [2.45, 2.75) is 0 Å². The van der Waals surface area contributed by atoms with E-state index in [1.54, 1.807) is 30.3 Å². The zero-order valence-corrected chi connectivity index (χ0v) is 21.2. The lowest BCUT2D eigenvalue weighted by Crippen LogP contribution is -2.14. The van der Waals surface area contributed by atoms with Crippen LogP contribution < -0.4 is 24.3 Å². The Labute approximate surface area is 207 Å². The van der Waals surface area contributed by atoms with Gasteiger partial charge in [0.2, 0.25) is 5.52 Å². The van der Waals surface area contributed by atoms with E-state index in [0.29, 0.717) is 11.3 Å². The van der Waals surface area contributed by atoms with E-state index in [0.717, 1.165) is 0 Å². The minimum atomic E-state index is -3.32. The van der Waals surface area contributed by atoms with Crippen molar-refractivity contribution in [2.24, 2.45) is 0 Å². The van der Waals surface area contributed by atoms with Crippen LogP contribution in [0, 0.1) is 0 Å². The van der Waals surface area contributed by atoms with E-state index in [1.807, 2.05) is 0 Å². The Morgan fingerprint density at radius 1 is 0.824 bits per heavy atom. The molecule has 0 aliphatic rings. The van der Waals surface area contributed by atoms with Crippen LogP contribution >= 0.6 is 31.0 Å². The summed E-state index contributed by atoms with van der Waals surface area (Å²) in [5, 5.41) is -0.298. The first-order valence-electron chi connectivity index (χ1n) is 9.83. The van der Waals surface area contributed by atoms with Crippen molar-refractivity contribution in [3.63, 3.8) is 0 Å². The number of hydrogen-bond acceptors (Lipinski definition) is 7. The molecular formula is C24H21Cl2O7P. The SMILES string of the molecule is COc1cc(OC)c(C(=O)[PH](=O)c2c(Cl)cc(C(=O)c3ccccc3)c(Cl)c2OC)c(OC)c1. The second-order valence-corrected chi connectivity index (χ2v) is 9.29. The number of ether oxygens (including phenoxy) is 4. The van der Waals surface area contributed by atoms with Crippen LogP contribution in [0.15, 0.2) is 48.5 Å². The molecule has 0 radical (unpaired) electrons. The van der Waals surface area contributed by atoms with Crippen molar-refractivity contribution in [3.05, 3.63) is 75.3 Å². The summed E-state index contributed by atoms with van der Waals surface area (Å²) in [6.45, 7) is 0. The first-order valence-corrected chi connectivity index (χ1v) is 12.0. The lowest BCUT2D eigenvalue weighted by atomic mass is 10.0. The predicted molar refractivity (Wildman–Crippen MR) is 132 cm³/mol. The molecule has 0 spiro atoms. The van der Waals surface area contributed by atoms with Crippen molar-refractivity contribution in [3.8, 4) is 23.0 Å². The quantitative estimate of drug-likeness (QED) is 0.279. The van der Waals surface area contributed by atoms with Crippen LogP contribution in [0.4, 0.5) is 0 Å². The molecule has 0 aromatic heterocycles. The molecule has 0 N–H and O–H groups in total. The third-order valence-corrected chi connectivity index (χ3v) is 7.48. The number of ketones is 1. The molecule has 10 heteroatoms. The summed E-state index contributed by atoms with van der Waals surface area (Å²) in [6.07, 6.45) is 0. The van der Waals surface area contributed by atoms with Crippen LogP contribution in [0.3, 0.4) is 0 Å².